The molecule has 3 atom stereocenters. The molecule has 1 heterocycles. The van der Waals surface area contributed by atoms with Crippen molar-refractivity contribution in [3.8, 4) is 11.5 Å². The van der Waals surface area contributed by atoms with Gasteiger partial charge in [-0.3, -0.25) is 14.9 Å². The maximum absolute atomic E-state index is 12.5. The molecule has 1 amide bonds. The summed E-state index contributed by atoms with van der Waals surface area (Å²) in [6, 6.07) is 9.93. The summed E-state index contributed by atoms with van der Waals surface area (Å²) in [4.78, 5) is 23.2. The van der Waals surface area contributed by atoms with Crippen molar-refractivity contribution >= 4 is 28.9 Å². The van der Waals surface area contributed by atoms with Gasteiger partial charge in [0.1, 0.15) is 6.10 Å². The summed E-state index contributed by atoms with van der Waals surface area (Å²) in [5.74, 6) is 2.42. The molecule has 2 fully saturated rings. The number of anilines is 1. The molecular formula is C23H22N2O5. The normalized spacial score (nSPS) is 25.3. The van der Waals surface area contributed by atoms with Crippen LogP contribution in [0, 0.1) is 22.0 Å². The number of hydrogen-bond donors (Lipinski definition) is 1. The summed E-state index contributed by atoms with van der Waals surface area (Å²) in [5, 5.41) is 13.9. The molecule has 3 aliphatic rings. The van der Waals surface area contributed by atoms with Crippen molar-refractivity contribution < 1.29 is 19.2 Å². The standard InChI is InChI=1S/C23H22N2O5/c1-29-20-7-3-14(11-22(20)30-21-10-13-2-4-15(21)8-13)9-18-17-12-16(25(27)28)5-6-19(17)24-23(18)26/h3,5-7,9,11-13,15,21H,2,4,8,10H2,1H3,(H,24,26)/b18-9-/t13-,15+,21+/m1/s1. The second-order valence-corrected chi connectivity index (χ2v) is 8.24. The minimum absolute atomic E-state index is 0.0498. The molecule has 30 heavy (non-hydrogen) atoms. The fourth-order valence-corrected chi connectivity index (χ4v) is 4.97. The maximum Gasteiger partial charge on any atom is 0.270 e. The Bertz CT molecular complexity index is 1080. The molecule has 5 rings (SSSR count). The first kappa shape index (κ1) is 18.7. The molecule has 2 aliphatic carbocycles. The van der Waals surface area contributed by atoms with Crippen molar-refractivity contribution in [3.63, 3.8) is 0 Å². The maximum atomic E-state index is 12.5. The van der Waals surface area contributed by atoms with Gasteiger partial charge in [0.2, 0.25) is 0 Å². The number of hydrogen-bond acceptors (Lipinski definition) is 5. The van der Waals surface area contributed by atoms with Gasteiger partial charge in [-0.1, -0.05) is 6.07 Å². The Hall–Kier alpha value is -3.35. The Morgan fingerprint density at radius 3 is 2.70 bits per heavy atom. The topological polar surface area (TPSA) is 90.7 Å². The quantitative estimate of drug-likeness (QED) is 0.443. The average Bonchev–Trinajstić information content (AvgIpc) is 3.43. The molecule has 2 aromatic carbocycles. The molecule has 2 aromatic rings. The Balaban J connectivity index is 1.48. The molecule has 1 N–H and O–H groups in total. The number of fused-ring (bicyclic) bond motifs is 3. The summed E-state index contributed by atoms with van der Waals surface area (Å²) < 4.78 is 11.8. The molecule has 7 heteroatoms. The van der Waals surface area contributed by atoms with E-state index in [2.05, 4.69) is 5.32 Å². The Morgan fingerprint density at radius 1 is 1.13 bits per heavy atom. The van der Waals surface area contributed by atoms with Gasteiger partial charge >= 0.3 is 0 Å². The lowest BCUT2D eigenvalue weighted by molar-refractivity contribution is -0.384. The van der Waals surface area contributed by atoms with Crippen LogP contribution in [0.2, 0.25) is 0 Å². The first-order valence-corrected chi connectivity index (χ1v) is 10.2. The number of benzene rings is 2. The zero-order valence-corrected chi connectivity index (χ0v) is 16.6. The van der Waals surface area contributed by atoms with Gasteiger partial charge in [-0.05, 0) is 67.4 Å². The molecule has 0 saturated heterocycles. The summed E-state index contributed by atoms with van der Waals surface area (Å²) in [5.41, 5.74) is 2.22. The third-order valence-electron chi connectivity index (χ3n) is 6.45. The number of nitrogens with zero attached hydrogens (tertiary/aromatic N) is 1. The lowest BCUT2D eigenvalue weighted by Gasteiger charge is -2.24. The van der Waals surface area contributed by atoms with E-state index in [0.717, 1.165) is 17.9 Å². The van der Waals surface area contributed by atoms with Crippen LogP contribution < -0.4 is 14.8 Å². The van der Waals surface area contributed by atoms with Crippen LogP contribution in [0.3, 0.4) is 0 Å². The van der Waals surface area contributed by atoms with Crippen LogP contribution in [0.15, 0.2) is 36.4 Å². The molecule has 2 saturated carbocycles. The van der Waals surface area contributed by atoms with Crippen LogP contribution in [0.1, 0.15) is 36.8 Å². The minimum Gasteiger partial charge on any atom is -0.493 e. The number of carbonyl (C=O) groups is 1. The third-order valence-corrected chi connectivity index (χ3v) is 6.45. The molecular weight excluding hydrogens is 384 g/mol. The van der Waals surface area contributed by atoms with Crippen molar-refractivity contribution in [2.24, 2.45) is 11.8 Å². The van der Waals surface area contributed by atoms with Crippen LogP contribution in [0.4, 0.5) is 11.4 Å². The van der Waals surface area contributed by atoms with Gasteiger partial charge in [0, 0.05) is 29.0 Å². The molecule has 0 unspecified atom stereocenters. The Labute approximate surface area is 173 Å². The summed E-state index contributed by atoms with van der Waals surface area (Å²) in [7, 11) is 1.61. The van der Waals surface area contributed by atoms with E-state index in [4.69, 9.17) is 9.47 Å². The summed E-state index contributed by atoms with van der Waals surface area (Å²) in [6.45, 7) is 0. The smallest absolute Gasteiger partial charge is 0.270 e. The molecule has 0 aromatic heterocycles. The number of nitrogens with one attached hydrogen (secondary N) is 1. The first-order valence-electron chi connectivity index (χ1n) is 10.2. The largest absolute Gasteiger partial charge is 0.493 e. The van der Waals surface area contributed by atoms with Crippen LogP contribution in [0.5, 0.6) is 11.5 Å². The average molecular weight is 406 g/mol. The summed E-state index contributed by atoms with van der Waals surface area (Å²) >= 11 is 0. The number of amides is 1. The van der Waals surface area contributed by atoms with Crippen LogP contribution >= 0.6 is 0 Å². The molecule has 154 valence electrons. The Morgan fingerprint density at radius 2 is 2.00 bits per heavy atom. The van der Waals surface area contributed by atoms with Crippen LogP contribution in [0.25, 0.3) is 11.6 Å². The van der Waals surface area contributed by atoms with Crippen molar-refractivity contribution in [1.29, 1.82) is 0 Å². The zero-order chi connectivity index (χ0) is 20.8. The predicted octanol–water partition coefficient (Wildman–Crippen LogP) is 4.66. The summed E-state index contributed by atoms with van der Waals surface area (Å²) in [6.07, 6.45) is 6.79. The minimum atomic E-state index is -0.463. The second kappa shape index (κ2) is 7.16. The van der Waals surface area contributed by atoms with E-state index in [9.17, 15) is 14.9 Å². The molecule has 0 spiro atoms. The van der Waals surface area contributed by atoms with Gasteiger partial charge < -0.3 is 14.8 Å². The number of carbonyl (C=O) groups excluding carboxylic acids is 1. The van der Waals surface area contributed by atoms with E-state index in [0.29, 0.717) is 34.2 Å². The van der Waals surface area contributed by atoms with Crippen LogP contribution in [-0.2, 0) is 4.79 Å². The van der Waals surface area contributed by atoms with Gasteiger partial charge in [-0.2, -0.15) is 0 Å². The van der Waals surface area contributed by atoms with E-state index in [-0.39, 0.29) is 17.7 Å². The van der Waals surface area contributed by atoms with Crippen molar-refractivity contribution in [2.45, 2.75) is 31.8 Å². The highest BCUT2D eigenvalue weighted by atomic mass is 16.6. The van der Waals surface area contributed by atoms with E-state index in [1.807, 2.05) is 18.2 Å². The highest BCUT2D eigenvalue weighted by molar-refractivity contribution is 6.35. The predicted molar refractivity (Wildman–Crippen MR) is 112 cm³/mol. The second-order valence-electron chi connectivity index (χ2n) is 8.24. The van der Waals surface area contributed by atoms with E-state index < -0.39 is 4.92 Å². The van der Waals surface area contributed by atoms with Crippen molar-refractivity contribution in [2.75, 3.05) is 12.4 Å². The molecule has 0 radical (unpaired) electrons. The SMILES string of the molecule is COc1ccc(/C=C2\C(=O)Nc3ccc([N+](=O)[O-])cc32)cc1O[C@H]1C[C@@H]2CC[C@H]1C2. The van der Waals surface area contributed by atoms with E-state index in [1.54, 1.807) is 19.3 Å². The number of nitro benzene ring substituents is 1. The van der Waals surface area contributed by atoms with Gasteiger partial charge in [-0.25, -0.2) is 0 Å². The fourth-order valence-electron chi connectivity index (χ4n) is 4.97. The van der Waals surface area contributed by atoms with Gasteiger partial charge in [0.05, 0.1) is 12.0 Å². The number of methoxy groups -OCH3 is 1. The Kier molecular flexibility index (Phi) is 4.46. The van der Waals surface area contributed by atoms with E-state index >= 15 is 0 Å². The van der Waals surface area contributed by atoms with Gasteiger partial charge in [0.25, 0.3) is 11.6 Å². The third kappa shape index (κ3) is 3.20. The lowest BCUT2D eigenvalue weighted by atomic mass is 9.97. The van der Waals surface area contributed by atoms with Crippen molar-refractivity contribution in [1.82, 2.24) is 0 Å². The number of non-ortho nitro benzene ring substituents is 1. The zero-order valence-electron chi connectivity index (χ0n) is 16.6. The monoisotopic (exact) mass is 406 g/mol. The highest BCUT2D eigenvalue weighted by Gasteiger charge is 2.41. The fraction of sp³-hybridized carbons (Fsp3) is 0.348. The van der Waals surface area contributed by atoms with Gasteiger partial charge in [0.15, 0.2) is 11.5 Å². The van der Waals surface area contributed by atoms with Crippen molar-refractivity contribution in [3.05, 3.63) is 57.6 Å². The highest BCUT2D eigenvalue weighted by Crippen LogP contribution is 2.47. The lowest BCUT2D eigenvalue weighted by Crippen LogP contribution is -2.23. The molecule has 7 nitrogen and oxygen atoms in total. The number of rotatable bonds is 5. The number of ether oxygens (including phenoxy) is 2. The molecule has 1 aliphatic heterocycles. The van der Waals surface area contributed by atoms with E-state index in [1.165, 1.54) is 31.4 Å². The van der Waals surface area contributed by atoms with Gasteiger partial charge in [-0.15, -0.1) is 0 Å². The first-order chi connectivity index (χ1) is 14.5. The number of nitro groups is 1. The van der Waals surface area contributed by atoms with Crippen LogP contribution in [-0.4, -0.2) is 24.0 Å². The molecule has 2 bridgehead atoms.